The topological polar surface area (TPSA) is 66.5 Å². The molecule has 3 aromatic rings. The van der Waals surface area contributed by atoms with Crippen molar-refractivity contribution >= 4 is 33.2 Å². The molecule has 1 atom stereocenters. The monoisotopic (exact) mass is 552 g/mol. The predicted octanol–water partition coefficient (Wildman–Crippen LogP) is 6.43. The highest BCUT2D eigenvalue weighted by Gasteiger charge is 2.36. The van der Waals surface area contributed by atoms with Crippen LogP contribution in [0.3, 0.4) is 0 Å². The number of hydrogen-bond acceptors (Lipinski definition) is 3. The number of carbonyl (C=O) groups excluding carboxylic acids is 1. The van der Waals surface area contributed by atoms with Gasteiger partial charge in [-0.2, -0.15) is 13.2 Å². The first-order valence-corrected chi connectivity index (χ1v) is 13.3. The molecule has 0 heterocycles. The summed E-state index contributed by atoms with van der Waals surface area (Å²) >= 11 is 5.74. The van der Waals surface area contributed by atoms with Crippen LogP contribution in [-0.2, 0) is 26.4 Å². The van der Waals surface area contributed by atoms with Crippen molar-refractivity contribution < 1.29 is 26.4 Å². The van der Waals surface area contributed by atoms with Gasteiger partial charge in [-0.1, -0.05) is 74.0 Å². The first kappa shape index (κ1) is 28.5. The van der Waals surface area contributed by atoms with Crippen LogP contribution in [0.4, 0.5) is 18.9 Å². The molecule has 3 aromatic carbocycles. The van der Waals surface area contributed by atoms with Gasteiger partial charge in [0.1, 0.15) is 6.54 Å². The highest BCUT2D eigenvalue weighted by atomic mass is 35.5. The Balaban J connectivity index is 1.90. The summed E-state index contributed by atoms with van der Waals surface area (Å²) in [5.41, 5.74) is -0.738. The summed E-state index contributed by atoms with van der Waals surface area (Å²) in [6.07, 6.45) is -4.26. The van der Waals surface area contributed by atoms with Gasteiger partial charge in [-0.05, 0) is 54.7 Å². The first-order valence-electron chi connectivity index (χ1n) is 11.5. The van der Waals surface area contributed by atoms with Crippen molar-refractivity contribution in [1.29, 1.82) is 0 Å². The second-order valence-electron chi connectivity index (χ2n) is 9.41. The third kappa shape index (κ3) is 7.05. The van der Waals surface area contributed by atoms with Crippen LogP contribution in [0.2, 0.25) is 5.02 Å². The zero-order valence-electron chi connectivity index (χ0n) is 20.6. The summed E-state index contributed by atoms with van der Waals surface area (Å²) in [4.78, 5) is 12.9. The molecule has 10 heteroatoms. The van der Waals surface area contributed by atoms with Crippen molar-refractivity contribution in [2.75, 3.05) is 10.8 Å². The second kappa shape index (κ2) is 11.1. The summed E-state index contributed by atoms with van der Waals surface area (Å²) in [7, 11) is -4.38. The van der Waals surface area contributed by atoms with E-state index in [1.165, 1.54) is 24.3 Å². The number of amides is 1. The third-order valence-electron chi connectivity index (χ3n) is 5.94. The van der Waals surface area contributed by atoms with Crippen molar-refractivity contribution in [1.82, 2.24) is 5.32 Å². The molecule has 5 nitrogen and oxygen atoms in total. The van der Waals surface area contributed by atoms with Crippen molar-refractivity contribution in [3.8, 4) is 0 Å². The van der Waals surface area contributed by atoms with Crippen LogP contribution in [0.5, 0.6) is 0 Å². The fourth-order valence-electron chi connectivity index (χ4n) is 4.19. The Morgan fingerprint density at radius 3 is 2.11 bits per heavy atom. The van der Waals surface area contributed by atoms with Gasteiger partial charge < -0.3 is 5.32 Å². The number of nitrogens with zero attached hydrogens (tertiary/aromatic N) is 1. The minimum Gasteiger partial charge on any atom is -0.352 e. The van der Waals surface area contributed by atoms with Gasteiger partial charge in [-0.15, -0.1) is 0 Å². The van der Waals surface area contributed by atoms with E-state index in [9.17, 15) is 26.4 Å². The number of alkyl halides is 3. The molecular formula is C27H28ClF3N2O3S. The van der Waals surface area contributed by atoms with Crippen LogP contribution in [-0.4, -0.2) is 26.9 Å². The molecule has 0 saturated carbocycles. The van der Waals surface area contributed by atoms with E-state index >= 15 is 0 Å². The Kier molecular flexibility index (Phi) is 8.59. The van der Waals surface area contributed by atoms with Gasteiger partial charge in [0, 0.05) is 6.04 Å². The van der Waals surface area contributed by atoms with Crippen LogP contribution >= 0.6 is 11.6 Å². The predicted molar refractivity (Wildman–Crippen MR) is 139 cm³/mol. The number of nitrogens with one attached hydrogen (secondary N) is 1. The zero-order valence-corrected chi connectivity index (χ0v) is 22.2. The Morgan fingerprint density at radius 2 is 1.54 bits per heavy atom. The lowest BCUT2D eigenvalue weighted by atomic mass is 9.79. The van der Waals surface area contributed by atoms with Gasteiger partial charge in [-0.3, -0.25) is 9.10 Å². The molecule has 3 rings (SSSR count). The lowest BCUT2D eigenvalue weighted by molar-refractivity contribution is -0.137. The molecule has 0 aromatic heterocycles. The van der Waals surface area contributed by atoms with E-state index in [0.29, 0.717) is 16.8 Å². The highest BCUT2D eigenvalue weighted by molar-refractivity contribution is 7.92. The average molecular weight is 553 g/mol. The lowest BCUT2D eigenvalue weighted by Crippen LogP contribution is -2.45. The number of sulfonamides is 1. The van der Waals surface area contributed by atoms with Crippen LogP contribution in [0.25, 0.3) is 0 Å². The van der Waals surface area contributed by atoms with Gasteiger partial charge in [0.15, 0.2) is 0 Å². The lowest BCUT2D eigenvalue weighted by Gasteiger charge is -2.30. The quantitative estimate of drug-likeness (QED) is 0.333. The minimum atomic E-state index is -4.81. The number of halogens is 4. The van der Waals surface area contributed by atoms with Crippen molar-refractivity contribution in [2.45, 2.75) is 49.7 Å². The minimum absolute atomic E-state index is 0.162. The van der Waals surface area contributed by atoms with E-state index in [-0.39, 0.29) is 22.0 Å². The third-order valence-corrected chi connectivity index (χ3v) is 8.06. The fourth-order valence-corrected chi connectivity index (χ4v) is 5.85. The van der Waals surface area contributed by atoms with E-state index < -0.39 is 39.2 Å². The van der Waals surface area contributed by atoms with Gasteiger partial charge >= 0.3 is 6.18 Å². The van der Waals surface area contributed by atoms with E-state index in [1.54, 1.807) is 13.0 Å². The molecule has 0 aliphatic rings. The summed E-state index contributed by atoms with van der Waals surface area (Å²) in [5.74, 6) is -0.653. The maximum absolute atomic E-state index is 13.5. The van der Waals surface area contributed by atoms with E-state index in [0.717, 1.165) is 17.7 Å². The molecule has 1 N–H and O–H groups in total. The number of benzene rings is 3. The standard InChI is InChI=1S/C27H28ClF3N2O3S/c1-19(17-26(2,3)20-10-6-4-7-11-20)32-25(34)18-33(37(35,36)22-12-8-5-9-13-22)21-14-15-24(28)23(16-21)27(29,30)31/h4-16,19H,17-18H2,1-3H3,(H,32,34). The fraction of sp³-hybridized carbons (Fsp3) is 0.296. The van der Waals surface area contributed by atoms with Crippen LogP contribution < -0.4 is 9.62 Å². The summed E-state index contributed by atoms with van der Waals surface area (Å²) in [5, 5.41) is 2.22. The maximum atomic E-state index is 13.5. The molecule has 0 aliphatic heterocycles. The number of anilines is 1. The maximum Gasteiger partial charge on any atom is 0.417 e. The molecule has 0 bridgehead atoms. The smallest absolute Gasteiger partial charge is 0.352 e. The number of rotatable bonds is 9. The molecule has 0 aliphatic carbocycles. The Hall–Kier alpha value is -3.04. The van der Waals surface area contributed by atoms with E-state index in [2.05, 4.69) is 5.32 Å². The largest absolute Gasteiger partial charge is 0.417 e. The van der Waals surface area contributed by atoms with Gasteiger partial charge in [0.05, 0.1) is 21.2 Å². The molecule has 0 fully saturated rings. The van der Waals surface area contributed by atoms with Crippen molar-refractivity contribution in [3.05, 3.63) is 95.0 Å². The molecule has 198 valence electrons. The number of hydrogen-bond donors (Lipinski definition) is 1. The molecule has 0 saturated heterocycles. The van der Waals surface area contributed by atoms with Crippen molar-refractivity contribution in [2.24, 2.45) is 0 Å². The molecular weight excluding hydrogens is 525 g/mol. The summed E-state index contributed by atoms with van der Waals surface area (Å²) in [6, 6.07) is 19.3. The Bertz CT molecular complexity index is 1330. The highest BCUT2D eigenvalue weighted by Crippen LogP contribution is 2.38. The van der Waals surface area contributed by atoms with E-state index in [4.69, 9.17) is 11.6 Å². The van der Waals surface area contributed by atoms with Crippen LogP contribution in [0, 0.1) is 0 Å². The molecule has 0 spiro atoms. The van der Waals surface area contributed by atoms with Gasteiger partial charge in [0.2, 0.25) is 5.91 Å². The molecule has 1 unspecified atom stereocenters. The number of carbonyl (C=O) groups is 1. The van der Waals surface area contributed by atoms with Crippen molar-refractivity contribution in [3.63, 3.8) is 0 Å². The van der Waals surface area contributed by atoms with Crippen LogP contribution in [0.15, 0.2) is 83.8 Å². The van der Waals surface area contributed by atoms with E-state index in [1.807, 2.05) is 44.2 Å². The first-order chi connectivity index (χ1) is 17.2. The molecule has 1 amide bonds. The summed E-state index contributed by atoms with van der Waals surface area (Å²) in [6.45, 7) is 5.14. The second-order valence-corrected chi connectivity index (χ2v) is 11.7. The zero-order chi connectivity index (χ0) is 27.4. The average Bonchev–Trinajstić information content (AvgIpc) is 2.83. The molecule has 37 heavy (non-hydrogen) atoms. The van der Waals surface area contributed by atoms with Gasteiger partial charge in [0.25, 0.3) is 10.0 Å². The normalized spacial score (nSPS) is 13.2. The summed E-state index contributed by atoms with van der Waals surface area (Å²) < 4.78 is 68.1. The van der Waals surface area contributed by atoms with Crippen LogP contribution in [0.1, 0.15) is 38.3 Å². The van der Waals surface area contributed by atoms with Gasteiger partial charge in [-0.25, -0.2) is 8.42 Å². The Labute approximate surface area is 220 Å². The Morgan fingerprint density at radius 1 is 0.973 bits per heavy atom. The SMILES string of the molecule is CC(CC(C)(C)c1ccccc1)NC(=O)CN(c1ccc(Cl)c(C(F)(F)F)c1)S(=O)(=O)c1ccccc1. The molecule has 0 radical (unpaired) electrons.